The summed E-state index contributed by atoms with van der Waals surface area (Å²) in [6.45, 7) is 0.460. The number of aromatic nitrogens is 1. The Morgan fingerprint density at radius 1 is 0.886 bits per heavy atom. The van der Waals surface area contributed by atoms with E-state index in [2.05, 4.69) is 20.9 Å². The maximum atomic E-state index is 13.0. The van der Waals surface area contributed by atoms with Gasteiger partial charge in [-0.25, -0.2) is 4.98 Å². The second kappa shape index (κ2) is 10.4. The normalized spacial score (nSPS) is 19.2. The predicted molar refractivity (Wildman–Crippen MR) is 136 cm³/mol. The molecular formula is C27H28N4O3S. The summed E-state index contributed by atoms with van der Waals surface area (Å²) in [7, 11) is 0. The van der Waals surface area contributed by atoms with Gasteiger partial charge in [0.15, 0.2) is 5.13 Å². The summed E-state index contributed by atoms with van der Waals surface area (Å²) in [6.07, 6.45) is 4.36. The van der Waals surface area contributed by atoms with Crippen LogP contribution in [0.25, 0.3) is 11.3 Å². The number of amides is 3. The molecule has 7 nitrogen and oxygen atoms in total. The summed E-state index contributed by atoms with van der Waals surface area (Å²) in [5.41, 5.74) is 3.28. The average molecular weight is 489 g/mol. The lowest BCUT2D eigenvalue weighted by molar-refractivity contribution is -0.131. The van der Waals surface area contributed by atoms with Gasteiger partial charge in [0, 0.05) is 40.9 Å². The monoisotopic (exact) mass is 488 g/mol. The maximum Gasteiger partial charge on any atom is 0.251 e. The van der Waals surface area contributed by atoms with Crippen molar-refractivity contribution in [3.8, 4) is 11.3 Å². The van der Waals surface area contributed by atoms with E-state index >= 15 is 0 Å². The van der Waals surface area contributed by atoms with E-state index in [1.807, 2.05) is 47.8 Å². The molecule has 0 spiro atoms. The molecule has 3 amide bonds. The molecule has 2 atom stereocenters. The molecule has 2 aliphatic carbocycles. The quantitative estimate of drug-likeness (QED) is 0.438. The number of anilines is 1. The Kier molecular flexibility index (Phi) is 6.90. The number of hydrogen-bond donors (Lipinski definition) is 3. The van der Waals surface area contributed by atoms with Crippen molar-refractivity contribution >= 4 is 34.2 Å². The first-order chi connectivity index (χ1) is 17.1. The largest absolute Gasteiger partial charge is 0.352 e. The molecule has 1 aromatic heterocycles. The zero-order valence-electron chi connectivity index (χ0n) is 19.3. The van der Waals surface area contributed by atoms with E-state index in [4.69, 9.17) is 0 Å². The molecule has 3 aromatic rings. The number of nitrogens with zero attached hydrogens (tertiary/aromatic N) is 1. The lowest BCUT2D eigenvalue weighted by Crippen LogP contribution is -2.36. The number of carbonyl (C=O) groups is 3. The number of benzene rings is 2. The highest BCUT2D eigenvalue weighted by molar-refractivity contribution is 7.14. The molecule has 0 radical (unpaired) electrons. The van der Waals surface area contributed by atoms with E-state index in [1.165, 1.54) is 11.3 Å². The topological polar surface area (TPSA) is 100 Å². The van der Waals surface area contributed by atoms with Gasteiger partial charge in [-0.3, -0.25) is 14.4 Å². The van der Waals surface area contributed by atoms with Gasteiger partial charge in [-0.05, 0) is 43.4 Å². The third-order valence-corrected chi connectivity index (χ3v) is 7.35. The van der Waals surface area contributed by atoms with Crippen LogP contribution in [0.1, 0.15) is 48.0 Å². The van der Waals surface area contributed by atoms with Crippen molar-refractivity contribution in [3.05, 3.63) is 71.1 Å². The summed E-state index contributed by atoms with van der Waals surface area (Å²) < 4.78 is 0. The molecule has 3 N–H and O–H groups in total. The number of nitrogens with one attached hydrogen (secondary N) is 3. The minimum absolute atomic E-state index is 0.0517. The average Bonchev–Trinajstić information content (AvgIpc) is 3.35. The second-order valence-electron chi connectivity index (χ2n) is 9.20. The van der Waals surface area contributed by atoms with Crippen molar-refractivity contribution in [2.24, 2.45) is 11.8 Å². The predicted octanol–water partition coefficient (Wildman–Crippen LogP) is 4.37. The van der Waals surface area contributed by atoms with Crippen molar-refractivity contribution < 1.29 is 14.4 Å². The van der Waals surface area contributed by atoms with Gasteiger partial charge < -0.3 is 16.0 Å². The van der Waals surface area contributed by atoms with Gasteiger partial charge in [-0.15, -0.1) is 11.3 Å². The highest BCUT2D eigenvalue weighted by Crippen LogP contribution is 2.34. The van der Waals surface area contributed by atoms with Gasteiger partial charge in [0.1, 0.15) is 0 Å². The molecule has 0 saturated heterocycles. The molecule has 2 fully saturated rings. The van der Waals surface area contributed by atoms with Gasteiger partial charge in [0.2, 0.25) is 11.8 Å². The number of hydrogen-bond acceptors (Lipinski definition) is 5. The number of carbonyl (C=O) groups excluding carboxylic acids is 3. The Labute approximate surface area is 208 Å². The maximum absolute atomic E-state index is 13.0. The third-order valence-electron chi connectivity index (χ3n) is 6.59. The third kappa shape index (κ3) is 5.77. The number of rotatable bonds is 8. The van der Waals surface area contributed by atoms with Crippen LogP contribution >= 0.6 is 11.3 Å². The van der Waals surface area contributed by atoms with Crippen molar-refractivity contribution in [3.63, 3.8) is 0 Å². The first kappa shape index (κ1) is 23.2. The van der Waals surface area contributed by atoms with Gasteiger partial charge >= 0.3 is 0 Å². The van der Waals surface area contributed by atoms with E-state index in [9.17, 15) is 14.4 Å². The first-order valence-corrected chi connectivity index (χ1v) is 12.9. The summed E-state index contributed by atoms with van der Waals surface area (Å²) in [5, 5.41) is 11.3. The Balaban J connectivity index is 1.17. The fourth-order valence-corrected chi connectivity index (χ4v) is 5.18. The molecule has 1 heterocycles. The fraction of sp³-hybridized carbons (Fsp3) is 0.333. The molecule has 2 aliphatic rings. The van der Waals surface area contributed by atoms with E-state index < -0.39 is 0 Å². The Morgan fingerprint density at radius 2 is 1.60 bits per heavy atom. The Hall–Kier alpha value is -3.52. The lowest BCUT2D eigenvalue weighted by Gasteiger charge is -2.18. The van der Waals surface area contributed by atoms with Crippen LogP contribution in [0.5, 0.6) is 0 Å². The Morgan fingerprint density at radius 3 is 2.31 bits per heavy atom. The molecule has 2 saturated carbocycles. The SMILES string of the molecule is O=C(NC1CC1)c1ccc(-c2csc(NC(=O)C3CCC[C@H]3C(=O)NCc3ccccc3)n2)cc1. The van der Waals surface area contributed by atoms with Crippen LogP contribution in [0.15, 0.2) is 60.0 Å². The zero-order chi connectivity index (χ0) is 24.2. The molecule has 0 aliphatic heterocycles. The van der Waals surface area contributed by atoms with E-state index in [1.54, 1.807) is 12.1 Å². The fourth-order valence-electron chi connectivity index (χ4n) is 4.45. The Bertz CT molecular complexity index is 1200. The second-order valence-corrected chi connectivity index (χ2v) is 10.1. The summed E-state index contributed by atoms with van der Waals surface area (Å²) >= 11 is 1.35. The van der Waals surface area contributed by atoms with Crippen molar-refractivity contribution in [1.29, 1.82) is 0 Å². The lowest BCUT2D eigenvalue weighted by atomic mass is 9.94. The molecular weight excluding hydrogens is 460 g/mol. The van der Waals surface area contributed by atoms with Gasteiger partial charge in [-0.1, -0.05) is 48.9 Å². The van der Waals surface area contributed by atoms with Gasteiger partial charge in [0.05, 0.1) is 5.69 Å². The molecule has 2 aromatic carbocycles. The van der Waals surface area contributed by atoms with Crippen LogP contribution in [0, 0.1) is 11.8 Å². The molecule has 35 heavy (non-hydrogen) atoms. The van der Waals surface area contributed by atoms with E-state index in [0.717, 1.165) is 36.1 Å². The molecule has 1 unspecified atom stereocenters. The smallest absolute Gasteiger partial charge is 0.251 e. The summed E-state index contributed by atoms with van der Waals surface area (Å²) in [4.78, 5) is 42.5. The highest BCUT2D eigenvalue weighted by atomic mass is 32.1. The molecule has 5 rings (SSSR count). The van der Waals surface area contributed by atoms with Crippen molar-refractivity contribution in [2.45, 2.75) is 44.7 Å². The van der Waals surface area contributed by atoms with Crippen LogP contribution in [-0.4, -0.2) is 28.7 Å². The molecule has 180 valence electrons. The highest BCUT2D eigenvalue weighted by Gasteiger charge is 2.38. The standard InChI is InChI=1S/C27H28N4O3S/c32-24(29-20-13-14-20)19-11-9-18(10-12-19)23-16-35-27(30-23)31-26(34)22-8-4-7-21(22)25(33)28-15-17-5-2-1-3-6-17/h1-3,5-6,9-12,16,20-22H,4,7-8,13-15H2,(H,28,33)(H,29,32)(H,30,31,34)/t21-,22?/m1/s1. The summed E-state index contributed by atoms with van der Waals surface area (Å²) in [6, 6.07) is 17.4. The number of thiazole rings is 1. The van der Waals surface area contributed by atoms with Crippen molar-refractivity contribution in [1.82, 2.24) is 15.6 Å². The van der Waals surface area contributed by atoms with Crippen LogP contribution in [0.4, 0.5) is 5.13 Å². The van der Waals surface area contributed by atoms with Crippen molar-refractivity contribution in [2.75, 3.05) is 5.32 Å². The first-order valence-electron chi connectivity index (χ1n) is 12.1. The minimum atomic E-state index is -0.359. The van der Waals surface area contributed by atoms with Gasteiger partial charge in [-0.2, -0.15) is 0 Å². The van der Waals surface area contributed by atoms with Crippen LogP contribution < -0.4 is 16.0 Å². The zero-order valence-corrected chi connectivity index (χ0v) is 20.1. The molecule has 8 heteroatoms. The van der Waals surface area contributed by atoms with E-state index in [-0.39, 0.29) is 29.6 Å². The molecule has 0 bridgehead atoms. The summed E-state index contributed by atoms with van der Waals surface area (Å²) in [5.74, 6) is -0.966. The van der Waals surface area contributed by atoms with Crippen LogP contribution in [-0.2, 0) is 16.1 Å². The van der Waals surface area contributed by atoms with E-state index in [0.29, 0.717) is 36.1 Å². The van der Waals surface area contributed by atoms with Crippen LogP contribution in [0.2, 0.25) is 0 Å². The van der Waals surface area contributed by atoms with Gasteiger partial charge in [0.25, 0.3) is 5.91 Å². The minimum Gasteiger partial charge on any atom is -0.352 e. The van der Waals surface area contributed by atoms with Crippen LogP contribution in [0.3, 0.4) is 0 Å².